The number of aromatic nitrogens is 1. The summed E-state index contributed by atoms with van der Waals surface area (Å²) < 4.78 is 4.90. The average Bonchev–Trinajstić information content (AvgIpc) is 2.16. The van der Waals surface area contributed by atoms with Crippen molar-refractivity contribution in [2.24, 2.45) is 5.73 Å². The van der Waals surface area contributed by atoms with Crippen LogP contribution in [-0.4, -0.2) is 18.0 Å². The predicted octanol–water partition coefficient (Wildman–Crippen LogP) is 0.171. The zero-order valence-corrected chi connectivity index (χ0v) is 7.73. The molecule has 0 aliphatic heterocycles. The molecule has 0 fully saturated rings. The molecular formula is C9H11N3O2. The van der Waals surface area contributed by atoms with Crippen LogP contribution in [0.2, 0.25) is 0 Å². The number of methoxy groups -OCH3 is 1. The van der Waals surface area contributed by atoms with Gasteiger partial charge in [0.15, 0.2) is 0 Å². The Balaban J connectivity index is 3.00. The lowest BCUT2D eigenvalue weighted by Gasteiger charge is -2.02. The number of carbonyl (C=O) groups excluding carboxylic acids is 1. The SMILES string of the molecule is COc1ccc(N)c(C=CC(N)=O)n1. The third-order valence-electron chi connectivity index (χ3n) is 1.55. The summed E-state index contributed by atoms with van der Waals surface area (Å²) in [4.78, 5) is 14.5. The number of anilines is 1. The van der Waals surface area contributed by atoms with Gasteiger partial charge < -0.3 is 16.2 Å². The lowest BCUT2D eigenvalue weighted by atomic mass is 10.3. The molecule has 0 radical (unpaired) electrons. The summed E-state index contributed by atoms with van der Waals surface area (Å²) in [6, 6.07) is 3.28. The minimum Gasteiger partial charge on any atom is -0.481 e. The van der Waals surface area contributed by atoms with Gasteiger partial charge in [0.25, 0.3) is 0 Å². The number of carbonyl (C=O) groups is 1. The summed E-state index contributed by atoms with van der Waals surface area (Å²) in [6.45, 7) is 0. The van der Waals surface area contributed by atoms with Crippen molar-refractivity contribution in [2.45, 2.75) is 0 Å². The summed E-state index contributed by atoms with van der Waals surface area (Å²) in [5.74, 6) is -0.114. The van der Waals surface area contributed by atoms with E-state index < -0.39 is 5.91 Å². The summed E-state index contributed by atoms with van der Waals surface area (Å²) in [5, 5.41) is 0. The van der Waals surface area contributed by atoms with Crippen molar-refractivity contribution < 1.29 is 9.53 Å². The molecule has 5 nitrogen and oxygen atoms in total. The number of ether oxygens (including phenoxy) is 1. The Morgan fingerprint density at radius 2 is 2.29 bits per heavy atom. The quantitative estimate of drug-likeness (QED) is 0.669. The molecule has 1 amide bonds. The standard InChI is InChI=1S/C9H11N3O2/c1-14-9-5-2-6(10)7(12-9)3-4-8(11)13/h2-5H,10H2,1H3,(H2,11,13). The number of hydrogen-bond acceptors (Lipinski definition) is 4. The largest absolute Gasteiger partial charge is 0.481 e. The zero-order valence-electron chi connectivity index (χ0n) is 7.73. The predicted molar refractivity (Wildman–Crippen MR) is 53.4 cm³/mol. The molecule has 0 saturated carbocycles. The van der Waals surface area contributed by atoms with E-state index in [1.807, 2.05) is 0 Å². The maximum absolute atomic E-state index is 10.5. The fourth-order valence-electron chi connectivity index (χ4n) is 0.875. The lowest BCUT2D eigenvalue weighted by molar-refractivity contribution is -0.113. The number of nitrogens with zero attached hydrogens (tertiary/aromatic N) is 1. The van der Waals surface area contributed by atoms with Gasteiger partial charge in [-0.3, -0.25) is 4.79 Å². The monoisotopic (exact) mass is 193 g/mol. The normalized spacial score (nSPS) is 10.4. The van der Waals surface area contributed by atoms with Crippen LogP contribution in [0.4, 0.5) is 5.69 Å². The number of rotatable bonds is 3. The number of hydrogen-bond donors (Lipinski definition) is 2. The zero-order chi connectivity index (χ0) is 10.6. The Morgan fingerprint density at radius 3 is 2.86 bits per heavy atom. The third-order valence-corrected chi connectivity index (χ3v) is 1.55. The van der Waals surface area contributed by atoms with Crippen LogP contribution >= 0.6 is 0 Å². The van der Waals surface area contributed by atoms with E-state index in [0.29, 0.717) is 17.3 Å². The molecular weight excluding hydrogens is 182 g/mol. The molecule has 1 aromatic heterocycles. The molecule has 0 saturated heterocycles. The second-order valence-corrected chi connectivity index (χ2v) is 2.56. The molecule has 0 unspecified atom stereocenters. The summed E-state index contributed by atoms with van der Waals surface area (Å²) in [7, 11) is 1.50. The molecule has 1 heterocycles. The lowest BCUT2D eigenvalue weighted by Crippen LogP contribution is -2.05. The van der Waals surface area contributed by atoms with Crippen LogP contribution < -0.4 is 16.2 Å². The molecule has 0 aliphatic rings. The Morgan fingerprint density at radius 1 is 1.57 bits per heavy atom. The molecule has 0 bridgehead atoms. The van der Waals surface area contributed by atoms with Crippen molar-refractivity contribution in [1.29, 1.82) is 0 Å². The summed E-state index contributed by atoms with van der Waals surface area (Å²) in [5.41, 5.74) is 11.5. The van der Waals surface area contributed by atoms with Crippen molar-refractivity contribution in [3.8, 4) is 5.88 Å². The first-order valence-electron chi connectivity index (χ1n) is 3.91. The molecule has 74 valence electrons. The first-order chi connectivity index (χ1) is 6.63. The highest BCUT2D eigenvalue weighted by atomic mass is 16.5. The first kappa shape index (κ1) is 10.0. The Bertz CT molecular complexity index is 374. The highest BCUT2D eigenvalue weighted by molar-refractivity contribution is 5.90. The van der Waals surface area contributed by atoms with Crippen LogP contribution in [0.5, 0.6) is 5.88 Å². The van der Waals surface area contributed by atoms with Crippen LogP contribution in [0, 0.1) is 0 Å². The van der Waals surface area contributed by atoms with Crippen molar-refractivity contribution in [2.75, 3.05) is 12.8 Å². The van der Waals surface area contributed by atoms with E-state index >= 15 is 0 Å². The Labute approximate surface area is 81.4 Å². The van der Waals surface area contributed by atoms with Gasteiger partial charge in [-0.25, -0.2) is 4.98 Å². The van der Waals surface area contributed by atoms with Crippen LogP contribution in [-0.2, 0) is 4.79 Å². The van der Waals surface area contributed by atoms with Crippen LogP contribution in [0.1, 0.15) is 5.69 Å². The molecule has 14 heavy (non-hydrogen) atoms. The number of amides is 1. The molecule has 4 N–H and O–H groups in total. The fourth-order valence-corrected chi connectivity index (χ4v) is 0.875. The van der Waals surface area contributed by atoms with E-state index in [0.717, 1.165) is 0 Å². The molecule has 1 aromatic rings. The average molecular weight is 193 g/mol. The number of nitrogen functional groups attached to an aromatic ring is 1. The minimum atomic E-state index is -0.547. The van der Waals surface area contributed by atoms with Gasteiger partial charge >= 0.3 is 0 Å². The van der Waals surface area contributed by atoms with Gasteiger partial charge in [0.05, 0.1) is 18.5 Å². The van der Waals surface area contributed by atoms with Gasteiger partial charge in [0.1, 0.15) is 0 Å². The van der Waals surface area contributed by atoms with Crippen LogP contribution in [0.15, 0.2) is 18.2 Å². The number of pyridine rings is 1. The Kier molecular flexibility index (Phi) is 3.06. The highest BCUT2D eigenvalue weighted by Crippen LogP contribution is 2.15. The number of primary amides is 1. The van der Waals surface area contributed by atoms with Crippen LogP contribution in [0.3, 0.4) is 0 Å². The molecule has 0 atom stereocenters. The Hall–Kier alpha value is -2.04. The molecule has 5 heteroatoms. The second-order valence-electron chi connectivity index (χ2n) is 2.56. The second kappa shape index (κ2) is 4.27. The highest BCUT2D eigenvalue weighted by Gasteiger charge is 1.99. The van der Waals surface area contributed by atoms with E-state index in [2.05, 4.69) is 4.98 Å². The van der Waals surface area contributed by atoms with Gasteiger partial charge in [0, 0.05) is 12.1 Å². The van der Waals surface area contributed by atoms with E-state index in [4.69, 9.17) is 16.2 Å². The van der Waals surface area contributed by atoms with Gasteiger partial charge in [-0.1, -0.05) is 0 Å². The smallest absolute Gasteiger partial charge is 0.241 e. The maximum atomic E-state index is 10.5. The van der Waals surface area contributed by atoms with Crippen molar-refractivity contribution >= 4 is 17.7 Å². The number of nitrogens with two attached hydrogens (primary N) is 2. The van der Waals surface area contributed by atoms with E-state index in [1.54, 1.807) is 12.1 Å². The topological polar surface area (TPSA) is 91.2 Å². The maximum Gasteiger partial charge on any atom is 0.241 e. The van der Waals surface area contributed by atoms with Gasteiger partial charge in [-0.2, -0.15) is 0 Å². The van der Waals surface area contributed by atoms with E-state index in [9.17, 15) is 4.79 Å². The first-order valence-corrected chi connectivity index (χ1v) is 3.91. The van der Waals surface area contributed by atoms with Crippen molar-refractivity contribution in [1.82, 2.24) is 4.98 Å². The van der Waals surface area contributed by atoms with Gasteiger partial charge in [-0.15, -0.1) is 0 Å². The fraction of sp³-hybridized carbons (Fsp3) is 0.111. The van der Waals surface area contributed by atoms with E-state index in [-0.39, 0.29) is 0 Å². The molecule has 0 aliphatic carbocycles. The molecule has 0 spiro atoms. The molecule has 0 aromatic carbocycles. The summed E-state index contributed by atoms with van der Waals surface area (Å²) >= 11 is 0. The van der Waals surface area contributed by atoms with Gasteiger partial charge in [-0.05, 0) is 12.1 Å². The van der Waals surface area contributed by atoms with Crippen molar-refractivity contribution in [3.63, 3.8) is 0 Å². The minimum absolute atomic E-state index is 0.434. The molecule has 1 rings (SSSR count). The van der Waals surface area contributed by atoms with Crippen molar-refractivity contribution in [3.05, 3.63) is 23.9 Å². The third kappa shape index (κ3) is 2.48. The van der Waals surface area contributed by atoms with E-state index in [1.165, 1.54) is 19.3 Å². The van der Waals surface area contributed by atoms with Crippen LogP contribution in [0.25, 0.3) is 6.08 Å². The summed E-state index contributed by atoms with van der Waals surface area (Å²) in [6.07, 6.45) is 2.64. The van der Waals surface area contributed by atoms with Gasteiger partial charge in [0.2, 0.25) is 11.8 Å².